The third kappa shape index (κ3) is 4.52. The predicted octanol–water partition coefficient (Wildman–Crippen LogP) is 3.91. The topological polar surface area (TPSA) is 97.6 Å². The summed E-state index contributed by atoms with van der Waals surface area (Å²) in [4.78, 5) is 31.6. The van der Waals surface area contributed by atoms with Gasteiger partial charge in [0.15, 0.2) is 6.61 Å². The fourth-order valence-electron chi connectivity index (χ4n) is 3.65. The number of fused-ring (bicyclic) bond motifs is 1. The molecule has 0 spiro atoms. The molecule has 0 aliphatic carbocycles. The van der Waals surface area contributed by atoms with Crippen molar-refractivity contribution in [3.8, 4) is 5.75 Å². The van der Waals surface area contributed by atoms with Gasteiger partial charge >= 0.3 is 0 Å². The number of pyridine rings is 1. The molecular weight excluding hydrogens is 396 g/mol. The minimum absolute atomic E-state index is 0.0139. The number of nitrogens with zero attached hydrogens (tertiary/aromatic N) is 3. The molecule has 31 heavy (non-hydrogen) atoms. The number of amides is 2. The number of hydrogen-bond acceptors (Lipinski definition) is 6. The van der Waals surface area contributed by atoms with Crippen molar-refractivity contribution in [1.29, 1.82) is 0 Å². The highest BCUT2D eigenvalue weighted by Gasteiger charge is 2.21. The van der Waals surface area contributed by atoms with Crippen molar-refractivity contribution in [2.75, 3.05) is 25.0 Å². The number of anilines is 1. The highest BCUT2D eigenvalue weighted by molar-refractivity contribution is 6.12. The van der Waals surface area contributed by atoms with Crippen molar-refractivity contribution >= 4 is 28.6 Å². The molecule has 1 aliphatic rings. The van der Waals surface area contributed by atoms with Gasteiger partial charge in [-0.1, -0.05) is 25.1 Å². The van der Waals surface area contributed by atoms with Gasteiger partial charge in [-0.05, 0) is 43.9 Å². The zero-order chi connectivity index (χ0) is 22.0. The average molecular weight is 422 g/mol. The van der Waals surface area contributed by atoms with Gasteiger partial charge in [-0.2, -0.15) is 0 Å². The van der Waals surface area contributed by atoms with Gasteiger partial charge in [0.25, 0.3) is 17.5 Å². The summed E-state index contributed by atoms with van der Waals surface area (Å²) >= 11 is 0. The van der Waals surface area contributed by atoms with E-state index in [-0.39, 0.29) is 24.3 Å². The first-order valence-corrected chi connectivity index (χ1v) is 10.5. The molecule has 0 atom stereocenters. The van der Waals surface area contributed by atoms with Crippen molar-refractivity contribution in [2.45, 2.75) is 39.5 Å². The quantitative estimate of drug-likeness (QED) is 0.647. The summed E-state index contributed by atoms with van der Waals surface area (Å²) in [6.07, 6.45) is 2.08. The molecule has 1 fully saturated rings. The molecule has 3 heterocycles. The molecule has 162 valence electrons. The smallest absolute Gasteiger partial charge is 0.260 e. The zero-order valence-electron chi connectivity index (χ0n) is 18.0. The van der Waals surface area contributed by atoms with Crippen LogP contribution in [0.25, 0.3) is 11.1 Å². The molecule has 1 N–H and O–H groups in total. The van der Waals surface area contributed by atoms with Crippen LogP contribution in [0.5, 0.6) is 5.75 Å². The lowest BCUT2D eigenvalue weighted by atomic mass is 10.0. The summed E-state index contributed by atoms with van der Waals surface area (Å²) < 4.78 is 11.0. The van der Waals surface area contributed by atoms with Gasteiger partial charge in [0, 0.05) is 30.5 Å². The summed E-state index contributed by atoms with van der Waals surface area (Å²) in [7, 11) is 0. The number of hydrogen-bond donors (Lipinski definition) is 1. The number of aromatic nitrogens is 2. The van der Waals surface area contributed by atoms with Gasteiger partial charge in [-0.15, -0.1) is 0 Å². The molecule has 0 bridgehead atoms. The standard InChI is InChI=1S/C23H26N4O4/c1-14(2)19-12-18(21-15(3)26-31-23(21)25-19)22(29)24-16-7-6-8-17(11-16)30-13-20(28)27-9-4-5-10-27/h6-8,11-12,14H,4-5,9-10,13H2,1-3H3,(H,24,29). The van der Waals surface area contributed by atoms with Gasteiger partial charge in [-0.3, -0.25) is 9.59 Å². The van der Waals surface area contributed by atoms with E-state index in [0.717, 1.165) is 31.6 Å². The second-order valence-corrected chi connectivity index (χ2v) is 8.06. The van der Waals surface area contributed by atoms with Crippen molar-refractivity contribution < 1.29 is 18.8 Å². The fourth-order valence-corrected chi connectivity index (χ4v) is 3.65. The van der Waals surface area contributed by atoms with Crippen LogP contribution in [0.4, 0.5) is 5.69 Å². The molecule has 0 saturated carbocycles. The number of ether oxygens (including phenoxy) is 1. The van der Waals surface area contributed by atoms with Gasteiger partial charge < -0.3 is 19.5 Å². The third-order valence-corrected chi connectivity index (χ3v) is 5.39. The highest BCUT2D eigenvalue weighted by Crippen LogP contribution is 2.26. The van der Waals surface area contributed by atoms with E-state index in [1.54, 1.807) is 37.3 Å². The number of benzene rings is 1. The van der Waals surface area contributed by atoms with Crippen LogP contribution in [0.3, 0.4) is 0 Å². The molecule has 4 rings (SSSR count). The first kappa shape index (κ1) is 20.8. The van der Waals surface area contributed by atoms with E-state index in [9.17, 15) is 9.59 Å². The molecule has 1 aliphatic heterocycles. The third-order valence-electron chi connectivity index (χ3n) is 5.39. The SMILES string of the molecule is Cc1noc2nc(C(C)C)cc(C(=O)Nc3cccc(OCC(=O)N4CCCC4)c3)c12. The Morgan fingerprint density at radius 3 is 2.74 bits per heavy atom. The normalized spacial score (nSPS) is 13.7. The summed E-state index contributed by atoms with van der Waals surface area (Å²) in [6.45, 7) is 7.36. The number of likely N-dealkylation sites (tertiary alicyclic amines) is 1. The van der Waals surface area contributed by atoms with Crippen LogP contribution < -0.4 is 10.1 Å². The van der Waals surface area contributed by atoms with E-state index in [2.05, 4.69) is 15.5 Å². The zero-order valence-corrected chi connectivity index (χ0v) is 18.0. The number of aryl methyl sites for hydroxylation is 1. The van der Waals surface area contributed by atoms with Crippen LogP contribution in [-0.2, 0) is 4.79 Å². The van der Waals surface area contributed by atoms with E-state index >= 15 is 0 Å². The Labute approximate surface area is 180 Å². The number of carbonyl (C=O) groups is 2. The maximum atomic E-state index is 13.1. The first-order valence-electron chi connectivity index (χ1n) is 10.5. The first-order chi connectivity index (χ1) is 14.9. The number of rotatable bonds is 6. The maximum absolute atomic E-state index is 13.1. The largest absolute Gasteiger partial charge is 0.484 e. The summed E-state index contributed by atoms with van der Waals surface area (Å²) in [6, 6.07) is 8.80. The average Bonchev–Trinajstić information content (AvgIpc) is 3.42. The van der Waals surface area contributed by atoms with Gasteiger partial charge in [-0.25, -0.2) is 4.98 Å². The molecule has 0 radical (unpaired) electrons. The monoisotopic (exact) mass is 422 g/mol. The van der Waals surface area contributed by atoms with Gasteiger partial charge in [0.2, 0.25) is 0 Å². The molecule has 8 heteroatoms. The minimum atomic E-state index is -0.286. The lowest BCUT2D eigenvalue weighted by Crippen LogP contribution is -2.32. The Bertz CT molecular complexity index is 1120. The van der Waals surface area contributed by atoms with E-state index in [1.165, 1.54) is 0 Å². The Morgan fingerprint density at radius 1 is 1.23 bits per heavy atom. The summed E-state index contributed by atoms with van der Waals surface area (Å²) in [5.41, 5.74) is 2.75. The molecule has 1 saturated heterocycles. The summed E-state index contributed by atoms with van der Waals surface area (Å²) in [5.74, 6) is 0.349. The minimum Gasteiger partial charge on any atom is -0.484 e. The van der Waals surface area contributed by atoms with Crippen LogP contribution in [0, 0.1) is 6.92 Å². The molecule has 8 nitrogen and oxygen atoms in total. The van der Waals surface area contributed by atoms with Crippen LogP contribution in [0.1, 0.15) is 54.4 Å². The van der Waals surface area contributed by atoms with Gasteiger partial charge in [0.05, 0.1) is 16.6 Å². The summed E-state index contributed by atoms with van der Waals surface area (Å²) in [5, 5.41) is 7.47. The van der Waals surface area contributed by atoms with E-state index < -0.39 is 0 Å². The number of nitrogens with one attached hydrogen (secondary N) is 1. The lowest BCUT2D eigenvalue weighted by molar-refractivity contribution is -0.132. The van der Waals surface area contributed by atoms with Crippen LogP contribution in [-0.4, -0.2) is 46.6 Å². The predicted molar refractivity (Wildman–Crippen MR) is 116 cm³/mol. The van der Waals surface area contributed by atoms with Gasteiger partial charge in [0.1, 0.15) is 5.75 Å². The molecule has 2 amide bonds. The van der Waals surface area contributed by atoms with E-state index in [0.29, 0.717) is 33.8 Å². The highest BCUT2D eigenvalue weighted by atomic mass is 16.5. The van der Waals surface area contributed by atoms with Crippen molar-refractivity contribution in [3.63, 3.8) is 0 Å². The number of carbonyl (C=O) groups excluding carboxylic acids is 2. The molecular formula is C23H26N4O4. The Morgan fingerprint density at radius 2 is 2.00 bits per heavy atom. The molecule has 1 aromatic carbocycles. The second-order valence-electron chi connectivity index (χ2n) is 8.06. The molecule has 3 aromatic rings. The van der Waals surface area contributed by atoms with Crippen molar-refractivity contribution in [2.24, 2.45) is 0 Å². The Kier molecular flexibility index (Phi) is 5.88. The molecule has 0 unspecified atom stereocenters. The van der Waals surface area contributed by atoms with E-state index in [1.807, 2.05) is 18.7 Å². The second kappa shape index (κ2) is 8.75. The van der Waals surface area contributed by atoms with Crippen LogP contribution in [0.15, 0.2) is 34.9 Å². The van der Waals surface area contributed by atoms with Crippen molar-refractivity contribution in [1.82, 2.24) is 15.0 Å². The van der Waals surface area contributed by atoms with E-state index in [4.69, 9.17) is 9.26 Å². The lowest BCUT2D eigenvalue weighted by Gasteiger charge is -2.16. The van der Waals surface area contributed by atoms with Crippen molar-refractivity contribution in [3.05, 3.63) is 47.3 Å². The Balaban J connectivity index is 1.51. The Hall–Kier alpha value is -3.42. The molecule has 2 aromatic heterocycles. The van der Waals surface area contributed by atoms with Crippen LogP contribution >= 0.6 is 0 Å². The maximum Gasteiger partial charge on any atom is 0.260 e. The fraction of sp³-hybridized carbons (Fsp3) is 0.391. The van der Waals surface area contributed by atoms with Crippen LogP contribution in [0.2, 0.25) is 0 Å².